The third kappa shape index (κ3) is 4.39. The minimum Gasteiger partial charge on any atom is -0.478 e. The fraction of sp³-hybridized carbons (Fsp3) is 0.633. The molecule has 6 aliphatic rings. The minimum absolute atomic E-state index is 0.215. The number of aryl methyl sites for hydroxylation is 1. The molecule has 5 fully saturated rings. The van der Waals surface area contributed by atoms with Gasteiger partial charge in [0.15, 0.2) is 18.4 Å². The van der Waals surface area contributed by atoms with Gasteiger partial charge < -0.3 is 10.1 Å². The molecule has 2 heterocycles. The zero-order valence-corrected chi connectivity index (χ0v) is 21.6. The Kier molecular flexibility index (Phi) is 5.87. The van der Waals surface area contributed by atoms with Crippen molar-refractivity contribution in [3.05, 3.63) is 46.9 Å². The highest BCUT2D eigenvalue weighted by Crippen LogP contribution is 2.61. The average Bonchev–Trinajstić information content (AvgIpc) is 3.55. The lowest BCUT2D eigenvalue weighted by atomic mass is 9.48. The normalized spacial score (nSPS) is 31.2. The summed E-state index contributed by atoms with van der Waals surface area (Å²) in [5, 5.41) is 11.3. The van der Waals surface area contributed by atoms with Crippen LogP contribution in [0, 0.1) is 23.2 Å². The van der Waals surface area contributed by atoms with Crippen LogP contribution in [0.4, 0.5) is 5.82 Å². The molecule has 1 aromatic heterocycles. The lowest BCUT2D eigenvalue weighted by molar-refractivity contribution is -0.0570. The van der Waals surface area contributed by atoms with E-state index in [0.29, 0.717) is 17.2 Å². The van der Waals surface area contributed by atoms with Crippen molar-refractivity contribution in [1.82, 2.24) is 9.97 Å². The van der Waals surface area contributed by atoms with E-state index in [1.165, 1.54) is 77.0 Å². The second-order valence-corrected chi connectivity index (χ2v) is 12.6. The van der Waals surface area contributed by atoms with E-state index in [-0.39, 0.29) is 12.3 Å². The molecule has 0 saturated heterocycles. The van der Waals surface area contributed by atoms with Crippen molar-refractivity contribution in [3.63, 3.8) is 0 Å². The molecule has 7 heteroatoms. The lowest BCUT2D eigenvalue weighted by Crippen LogP contribution is -2.46. The van der Waals surface area contributed by atoms with Crippen molar-refractivity contribution in [3.8, 4) is 0 Å². The number of hydrogen-bond acceptors (Lipinski definition) is 5. The Morgan fingerprint density at radius 2 is 1.81 bits per heavy atom. The first kappa shape index (κ1) is 23.4. The zero-order valence-electron chi connectivity index (χ0n) is 21.6. The van der Waals surface area contributed by atoms with Crippen LogP contribution in [-0.2, 0) is 11.3 Å². The Labute approximate surface area is 218 Å². The number of carboxylic acid groups (broad SMARTS) is 1. The second kappa shape index (κ2) is 9.26. The summed E-state index contributed by atoms with van der Waals surface area (Å²) in [4.78, 5) is 31.2. The molecule has 2 N–H and O–H groups in total. The molecule has 1 aromatic carbocycles. The van der Waals surface area contributed by atoms with Crippen LogP contribution in [0.15, 0.2) is 29.3 Å². The topological polar surface area (TPSA) is 90.8 Å². The number of nitrogens with zero attached hydrogens (tertiary/aromatic N) is 3. The van der Waals surface area contributed by atoms with Gasteiger partial charge in [-0.25, -0.2) is 19.6 Å². The molecule has 8 rings (SSSR count). The van der Waals surface area contributed by atoms with E-state index < -0.39 is 5.97 Å². The minimum atomic E-state index is -0.941. The van der Waals surface area contributed by atoms with Crippen LogP contribution in [0.1, 0.15) is 110 Å². The number of carboxylic acids is 1. The third-order valence-electron chi connectivity index (χ3n) is 9.99. The van der Waals surface area contributed by atoms with Crippen molar-refractivity contribution >= 4 is 17.6 Å². The number of imidazole rings is 1. The number of hydrogen-bond donors (Lipinski definition) is 2. The summed E-state index contributed by atoms with van der Waals surface area (Å²) >= 11 is 0. The predicted molar refractivity (Wildman–Crippen MR) is 142 cm³/mol. The molecule has 0 radical (unpaired) electrons. The van der Waals surface area contributed by atoms with Gasteiger partial charge in [0.05, 0.1) is 11.3 Å². The van der Waals surface area contributed by atoms with Crippen molar-refractivity contribution in [2.24, 2.45) is 28.2 Å². The molecule has 2 aromatic rings. The first-order valence-corrected chi connectivity index (χ1v) is 14.5. The van der Waals surface area contributed by atoms with Crippen LogP contribution in [0.2, 0.25) is 0 Å². The highest BCUT2D eigenvalue weighted by atomic mass is 16.7. The molecule has 7 nitrogen and oxygen atoms in total. The molecule has 5 aliphatic carbocycles. The molecule has 37 heavy (non-hydrogen) atoms. The summed E-state index contributed by atoms with van der Waals surface area (Å²) in [6, 6.07) is 6.95. The molecule has 0 atom stereocenters. The monoisotopic (exact) mass is 502 g/mol. The van der Waals surface area contributed by atoms with Crippen molar-refractivity contribution in [1.29, 1.82) is 0 Å². The first-order chi connectivity index (χ1) is 18.1. The van der Waals surface area contributed by atoms with E-state index in [2.05, 4.69) is 9.98 Å². The maximum Gasteiger partial charge on any atom is 0.335 e. The maximum absolute atomic E-state index is 11.6. The lowest BCUT2D eigenvalue weighted by Gasteiger charge is -2.57. The Balaban J connectivity index is 1.19. The smallest absolute Gasteiger partial charge is 0.335 e. The standard InChI is InChI=1S/C30H38N4O3/c35-29(36)24-8-4-7-23(14-24)27-31-18-37-34(27)28-25(32-26(33-28)22-5-2-1-3-6-22)9-10-30-15-19-11-20(16-30)13-21(12-19)17-30/h4,7-8,14,19-22H,1-3,5-6,9-13,15-18H2,(H,32,33)(H,35,36). The predicted octanol–water partition coefficient (Wildman–Crippen LogP) is 6.46. The number of aromatic nitrogens is 2. The number of anilines is 1. The van der Waals surface area contributed by atoms with E-state index in [1.54, 1.807) is 23.3 Å². The SMILES string of the molecule is O=C(O)c1cccc(C2=NCON2c2nc(C3CCCCC3)[nH]c2CCC23CC4CC(CC(C4)C2)C3)c1. The highest BCUT2D eigenvalue weighted by Gasteiger charge is 2.50. The number of hydroxylamine groups is 1. The number of rotatable bonds is 7. The number of benzene rings is 1. The summed E-state index contributed by atoms with van der Waals surface area (Å²) in [6.07, 6.45) is 17.0. The average molecular weight is 503 g/mol. The molecular formula is C30H38N4O3. The third-order valence-corrected chi connectivity index (χ3v) is 9.99. The summed E-state index contributed by atoms with van der Waals surface area (Å²) < 4.78 is 0. The molecule has 0 unspecified atom stereocenters. The Hall–Kier alpha value is -2.67. The van der Waals surface area contributed by atoms with Gasteiger partial charge in [0, 0.05) is 11.5 Å². The largest absolute Gasteiger partial charge is 0.478 e. The van der Waals surface area contributed by atoms with Crippen LogP contribution in [0.5, 0.6) is 0 Å². The molecular weight excluding hydrogens is 464 g/mol. The van der Waals surface area contributed by atoms with E-state index in [4.69, 9.17) is 9.82 Å². The van der Waals surface area contributed by atoms with Crippen LogP contribution >= 0.6 is 0 Å². The van der Waals surface area contributed by atoms with Gasteiger partial charge in [-0.05, 0) is 99.5 Å². The quantitative estimate of drug-likeness (QED) is 0.453. The van der Waals surface area contributed by atoms with Gasteiger partial charge in [-0.3, -0.25) is 0 Å². The van der Waals surface area contributed by atoms with E-state index in [1.807, 2.05) is 6.07 Å². The van der Waals surface area contributed by atoms with Gasteiger partial charge in [0.1, 0.15) is 5.82 Å². The fourth-order valence-corrected chi connectivity index (χ4v) is 8.75. The molecule has 196 valence electrons. The first-order valence-electron chi connectivity index (χ1n) is 14.5. The van der Waals surface area contributed by atoms with Crippen molar-refractivity contribution in [2.45, 2.75) is 89.4 Å². The zero-order chi connectivity index (χ0) is 25.0. The Bertz CT molecular complexity index is 1180. The number of H-pyrrole nitrogens is 1. The number of nitrogens with one attached hydrogen (secondary N) is 1. The molecule has 1 aliphatic heterocycles. The second-order valence-electron chi connectivity index (χ2n) is 12.6. The fourth-order valence-electron chi connectivity index (χ4n) is 8.75. The maximum atomic E-state index is 11.6. The van der Waals surface area contributed by atoms with Crippen LogP contribution in [-0.4, -0.2) is 33.6 Å². The van der Waals surface area contributed by atoms with Gasteiger partial charge in [0.25, 0.3) is 0 Å². The number of aliphatic imine (C=N–C) groups is 1. The Morgan fingerprint density at radius 3 is 2.51 bits per heavy atom. The van der Waals surface area contributed by atoms with Gasteiger partial charge >= 0.3 is 5.97 Å². The molecule has 0 amide bonds. The van der Waals surface area contributed by atoms with Gasteiger partial charge in [-0.1, -0.05) is 31.4 Å². The van der Waals surface area contributed by atoms with Gasteiger partial charge in [-0.2, -0.15) is 5.06 Å². The number of aromatic amines is 1. The van der Waals surface area contributed by atoms with Crippen molar-refractivity contribution in [2.75, 3.05) is 11.8 Å². The summed E-state index contributed by atoms with van der Waals surface area (Å²) in [5.74, 6) is 4.93. The van der Waals surface area contributed by atoms with Crippen LogP contribution in [0.25, 0.3) is 0 Å². The van der Waals surface area contributed by atoms with Crippen LogP contribution in [0.3, 0.4) is 0 Å². The molecule has 0 spiro atoms. The highest BCUT2D eigenvalue weighted by molar-refractivity contribution is 6.10. The molecule has 5 saturated carbocycles. The van der Waals surface area contributed by atoms with E-state index in [9.17, 15) is 9.90 Å². The van der Waals surface area contributed by atoms with E-state index in [0.717, 1.165) is 47.1 Å². The number of aromatic carboxylic acids is 1. The van der Waals surface area contributed by atoms with Gasteiger partial charge in [0.2, 0.25) is 0 Å². The summed E-state index contributed by atoms with van der Waals surface area (Å²) in [7, 11) is 0. The van der Waals surface area contributed by atoms with Crippen molar-refractivity contribution < 1.29 is 14.7 Å². The summed E-state index contributed by atoms with van der Waals surface area (Å²) in [6.45, 7) is 0.215. The van der Waals surface area contributed by atoms with Crippen LogP contribution < -0.4 is 5.06 Å². The number of carbonyl (C=O) groups is 1. The molecule has 4 bridgehead atoms. The van der Waals surface area contributed by atoms with Gasteiger partial charge in [-0.15, -0.1) is 0 Å². The Morgan fingerprint density at radius 1 is 1.08 bits per heavy atom. The van der Waals surface area contributed by atoms with E-state index >= 15 is 0 Å². The summed E-state index contributed by atoms with van der Waals surface area (Å²) in [5.41, 5.74) is 2.65. The number of amidine groups is 1.